The van der Waals surface area contributed by atoms with Gasteiger partial charge in [0, 0.05) is 0 Å². The van der Waals surface area contributed by atoms with Gasteiger partial charge in [-0.05, 0) is 32.3 Å². The maximum absolute atomic E-state index is 12.1. The van der Waals surface area contributed by atoms with Gasteiger partial charge in [0.2, 0.25) is 0 Å². The summed E-state index contributed by atoms with van der Waals surface area (Å²) in [5.41, 5.74) is 0.679. The van der Waals surface area contributed by atoms with Gasteiger partial charge in [0.25, 0.3) is 0 Å². The van der Waals surface area contributed by atoms with Crippen LogP contribution in [0.15, 0.2) is 30.3 Å². The summed E-state index contributed by atoms with van der Waals surface area (Å²) >= 11 is 0. The molecule has 2 nitrogen and oxygen atoms in total. The Morgan fingerprint density at radius 1 is 1.24 bits per heavy atom. The molecule has 94 valence electrons. The number of benzene rings is 1. The Labute approximate surface area is 104 Å². The minimum Gasteiger partial charge on any atom is -0.457 e. The summed E-state index contributed by atoms with van der Waals surface area (Å²) in [7, 11) is 0. The molecule has 0 N–H and O–H groups in total. The summed E-state index contributed by atoms with van der Waals surface area (Å²) in [5, 5.41) is 0. The fourth-order valence-corrected chi connectivity index (χ4v) is 1.63. The Hall–Kier alpha value is -1.31. The van der Waals surface area contributed by atoms with Crippen LogP contribution in [-0.4, -0.2) is 5.97 Å². The van der Waals surface area contributed by atoms with Gasteiger partial charge >= 0.3 is 5.97 Å². The van der Waals surface area contributed by atoms with Crippen molar-refractivity contribution in [2.24, 2.45) is 5.41 Å². The smallest absolute Gasteiger partial charge is 0.312 e. The summed E-state index contributed by atoms with van der Waals surface area (Å²) in [6.45, 7) is 7.93. The van der Waals surface area contributed by atoms with Crippen molar-refractivity contribution in [3.05, 3.63) is 35.9 Å². The first-order valence-corrected chi connectivity index (χ1v) is 6.29. The van der Waals surface area contributed by atoms with E-state index < -0.39 is 0 Å². The minimum absolute atomic E-state index is 0.0983. The van der Waals surface area contributed by atoms with E-state index in [2.05, 4.69) is 0 Å². The van der Waals surface area contributed by atoms with Crippen LogP contribution in [0.4, 0.5) is 0 Å². The molecule has 0 aliphatic carbocycles. The Kier molecular flexibility index (Phi) is 4.73. The fourth-order valence-electron chi connectivity index (χ4n) is 1.63. The maximum Gasteiger partial charge on any atom is 0.312 e. The molecule has 1 atom stereocenters. The molecule has 2 heteroatoms. The average Bonchev–Trinajstić information content (AvgIpc) is 2.38. The van der Waals surface area contributed by atoms with Crippen molar-refractivity contribution in [3.8, 4) is 0 Å². The molecule has 0 aromatic heterocycles. The maximum atomic E-state index is 12.1. The molecule has 0 amide bonds. The predicted molar refractivity (Wildman–Crippen MR) is 69.6 cm³/mol. The lowest BCUT2D eigenvalue weighted by molar-refractivity contribution is -0.160. The number of hydrogen-bond donors (Lipinski definition) is 0. The molecule has 17 heavy (non-hydrogen) atoms. The number of carbonyl (C=O) groups is 1. The zero-order chi connectivity index (χ0) is 12.9. The zero-order valence-electron chi connectivity index (χ0n) is 11.2. The van der Waals surface area contributed by atoms with E-state index in [0.29, 0.717) is 0 Å². The van der Waals surface area contributed by atoms with Crippen molar-refractivity contribution in [1.29, 1.82) is 0 Å². The van der Waals surface area contributed by atoms with E-state index in [0.717, 1.165) is 18.4 Å². The molecular weight excluding hydrogens is 212 g/mol. The number of hydrogen-bond acceptors (Lipinski definition) is 2. The largest absolute Gasteiger partial charge is 0.457 e. The van der Waals surface area contributed by atoms with E-state index >= 15 is 0 Å². The highest BCUT2D eigenvalue weighted by atomic mass is 16.5. The quantitative estimate of drug-likeness (QED) is 0.716. The van der Waals surface area contributed by atoms with Gasteiger partial charge in [0.05, 0.1) is 5.41 Å². The molecule has 1 aromatic rings. The van der Waals surface area contributed by atoms with Crippen molar-refractivity contribution in [1.82, 2.24) is 0 Å². The van der Waals surface area contributed by atoms with Crippen LogP contribution in [0, 0.1) is 5.41 Å². The van der Waals surface area contributed by atoms with Crippen LogP contribution < -0.4 is 0 Å². The van der Waals surface area contributed by atoms with E-state index in [1.165, 1.54) is 0 Å². The lowest BCUT2D eigenvalue weighted by atomic mass is 9.85. The van der Waals surface area contributed by atoms with Crippen LogP contribution >= 0.6 is 0 Å². The van der Waals surface area contributed by atoms with Gasteiger partial charge in [0.15, 0.2) is 0 Å². The Balaban J connectivity index is 2.69. The highest BCUT2D eigenvalue weighted by molar-refractivity contribution is 5.76. The van der Waals surface area contributed by atoms with E-state index in [1.54, 1.807) is 0 Å². The summed E-state index contributed by atoms with van der Waals surface area (Å²) in [5.74, 6) is -0.0983. The second kappa shape index (κ2) is 5.85. The summed E-state index contributed by atoms with van der Waals surface area (Å²) < 4.78 is 5.54. The molecule has 1 rings (SSSR count). The van der Waals surface area contributed by atoms with Crippen LogP contribution in [0.5, 0.6) is 0 Å². The van der Waals surface area contributed by atoms with Crippen molar-refractivity contribution in [3.63, 3.8) is 0 Å². The van der Waals surface area contributed by atoms with Crippen molar-refractivity contribution in [2.75, 3.05) is 0 Å². The highest BCUT2D eigenvalue weighted by Gasteiger charge is 2.32. The van der Waals surface area contributed by atoms with Gasteiger partial charge in [-0.25, -0.2) is 0 Å². The third kappa shape index (κ3) is 3.32. The van der Waals surface area contributed by atoms with E-state index in [-0.39, 0.29) is 17.5 Å². The monoisotopic (exact) mass is 234 g/mol. The van der Waals surface area contributed by atoms with E-state index in [1.807, 2.05) is 58.0 Å². The van der Waals surface area contributed by atoms with Gasteiger partial charge < -0.3 is 4.74 Å². The first-order chi connectivity index (χ1) is 8.03. The first-order valence-electron chi connectivity index (χ1n) is 6.29. The summed E-state index contributed by atoms with van der Waals surface area (Å²) in [4.78, 5) is 12.1. The van der Waals surface area contributed by atoms with E-state index in [9.17, 15) is 4.79 Å². The topological polar surface area (TPSA) is 26.3 Å². The highest BCUT2D eigenvalue weighted by Crippen LogP contribution is 2.29. The molecule has 0 saturated carbocycles. The van der Waals surface area contributed by atoms with Crippen molar-refractivity contribution in [2.45, 2.75) is 46.6 Å². The molecule has 0 aliphatic heterocycles. The average molecular weight is 234 g/mol. The molecule has 0 heterocycles. The molecule has 1 unspecified atom stereocenters. The van der Waals surface area contributed by atoms with Crippen molar-refractivity contribution >= 4 is 5.97 Å². The van der Waals surface area contributed by atoms with Crippen molar-refractivity contribution < 1.29 is 9.53 Å². The fraction of sp³-hybridized carbons (Fsp3) is 0.533. The van der Waals surface area contributed by atoms with Crippen LogP contribution in [0.1, 0.15) is 52.2 Å². The van der Waals surface area contributed by atoms with Gasteiger partial charge in [-0.2, -0.15) is 0 Å². The lowest BCUT2D eigenvalue weighted by Crippen LogP contribution is -2.29. The van der Waals surface area contributed by atoms with Crippen LogP contribution in [0.2, 0.25) is 0 Å². The molecule has 0 radical (unpaired) electrons. The Morgan fingerprint density at radius 3 is 2.24 bits per heavy atom. The molecular formula is C15H22O2. The normalized spacial score (nSPS) is 13.2. The second-order valence-electron chi connectivity index (χ2n) is 4.73. The Morgan fingerprint density at radius 2 is 1.76 bits per heavy atom. The molecule has 0 spiro atoms. The summed E-state index contributed by atoms with van der Waals surface area (Å²) in [6, 6.07) is 9.83. The zero-order valence-corrected chi connectivity index (χ0v) is 11.2. The second-order valence-corrected chi connectivity index (χ2v) is 4.73. The molecule has 0 aliphatic rings. The van der Waals surface area contributed by atoms with Gasteiger partial charge in [-0.1, -0.05) is 44.2 Å². The SMILES string of the molecule is CCC(C)(CC)C(=O)OC(C)c1ccccc1. The minimum atomic E-state index is -0.358. The third-order valence-electron chi connectivity index (χ3n) is 3.61. The van der Waals surface area contributed by atoms with Crippen LogP contribution in [0.3, 0.4) is 0 Å². The van der Waals surface area contributed by atoms with Crippen LogP contribution in [0.25, 0.3) is 0 Å². The van der Waals surface area contributed by atoms with Gasteiger partial charge in [0.1, 0.15) is 6.10 Å². The molecule has 1 aromatic carbocycles. The number of carbonyl (C=O) groups excluding carboxylic acids is 1. The third-order valence-corrected chi connectivity index (χ3v) is 3.61. The van der Waals surface area contributed by atoms with Gasteiger partial charge in [-0.3, -0.25) is 4.79 Å². The number of esters is 1. The molecule has 0 saturated heterocycles. The predicted octanol–water partition coefficient (Wildman–Crippen LogP) is 4.12. The van der Waals surface area contributed by atoms with E-state index in [4.69, 9.17) is 4.74 Å². The Bertz CT molecular complexity index is 352. The number of rotatable bonds is 5. The van der Waals surface area contributed by atoms with Gasteiger partial charge in [-0.15, -0.1) is 0 Å². The number of ether oxygens (including phenoxy) is 1. The standard InChI is InChI=1S/C15H22O2/c1-5-15(4,6-2)14(16)17-12(3)13-10-8-7-9-11-13/h7-12H,5-6H2,1-4H3. The molecule has 0 fully saturated rings. The molecule has 0 bridgehead atoms. The lowest BCUT2D eigenvalue weighted by Gasteiger charge is -2.26. The summed E-state index contributed by atoms with van der Waals surface area (Å²) in [6.07, 6.45) is 1.44. The van der Waals surface area contributed by atoms with Crippen LogP contribution in [-0.2, 0) is 9.53 Å². The first kappa shape index (κ1) is 13.8.